The van der Waals surface area contributed by atoms with Crippen LogP contribution in [0.15, 0.2) is 61.2 Å². The van der Waals surface area contributed by atoms with Crippen molar-refractivity contribution in [2.75, 3.05) is 7.11 Å². The normalized spacial score (nSPS) is 9.95. The number of hydrogen-bond donors (Lipinski definition) is 0. The molecule has 0 unspecified atom stereocenters. The third kappa shape index (κ3) is 3.72. The lowest BCUT2D eigenvalue weighted by atomic mass is 10.1. The van der Waals surface area contributed by atoms with Crippen LogP contribution in [-0.2, 0) is 17.8 Å². The maximum Gasteiger partial charge on any atom is 0.338 e. The molecule has 2 rings (SSSR count). The fourth-order valence-electron chi connectivity index (χ4n) is 2.08. The number of rotatable bonds is 6. The summed E-state index contributed by atoms with van der Waals surface area (Å²) < 4.78 is 10.6. The molecule has 0 heterocycles. The van der Waals surface area contributed by atoms with E-state index >= 15 is 0 Å². The van der Waals surface area contributed by atoms with E-state index in [-0.39, 0.29) is 5.97 Å². The van der Waals surface area contributed by atoms with Crippen molar-refractivity contribution in [1.29, 1.82) is 0 Å². The number of benzene rings is 2. The van der Waals surface area contributed by atoms with Crippen LogP contribution in [-0.4, -0.2) is 13.1 Å². The maximum atomic E-state index is 11.7. The van der Waals surface area contributed by atoms with Crippen molar-refractivity contribution in [1.82, 2.24) is 0 Å². The SMILES string of the molecule is C=CCc1ccccc1OCc1ccccc1C(=O)OC. The summed E-state index contributed by atoms with van der Waals surface area (Å²) in [6, 6.07) is 15.1. The Morgan fingerprint density at radius 2 is 1.76 bits per heavy atom. The molecule has 3 heteroatoms. The quantitative estimate of drug-likeness (QED) is 0.597. The highest BCUT2D eigenvalue weighted by atomic mass is 16.5. The van der Waals surface area contributed by atoms with Gasteiger partial charge in [0.05, 0.1) is 12.7 Å². The Kier molecular flexibility index (Phi) is 5.16. The lowest BCUT2D eigenvalue weighted by molar-refractivity contribution is 0.0597. The number of hydrogen-bond acceptors (Lipinski definition) is 3. The van der Waals surface area contributed by atoms with E-state index in [1.54, 1.807) is 12.1 Å². The molecule has 0 bridgehead atoms. The third-order valence-electron chi connectivity index (χ3n) is 3.14. The summed E-state index contributed by atoms with van der Waals surface area (Å²) in [5.41, 5.74) is 2.40. The van der Waals surface area contributed by atoms with Gasteiger partial charge in [-0.3, -0.25) is 0 Å². The molecule has 0 amide bonds. The van der Waals surface area contributed by atoms with Gasteiger partial charge in [-0.05, 0) is 24.1 Å². The van der Waals surface area contributed by atoms with Crippen molar-refractivity contribution in [3.05, 3.63) is 77.9 Å². The van der Waals surface area contributed by atoms with E-state index in [9.17, 15) is 4.79 Å². The minimum atomic E-state index is -0.353. The maximum absolute atomic E-state index is 11.7. The van der Waals surface area contributed by atoms with Crippen LogP contribution in [0.5, 0.6) is 5.75 Å². The van der Waals surface area contributed by atoms with Crippen LogP contribution in [0.4, 0.5) is 0 Å². The van der Waals surface area contributed by atoms with Crippen LogP contribution >= 0.6 is 0 Å². The molecule has 0 saturated carbocycles. The topological polar surface area (TPSA) is 35.5 Å². The Labute approximate surface area is 124 Å². The molecular weight excluding hydrogens is 264 g/mol. The molecule has 0 aliphatic rings. The summed E-state index contributed by atoms with van der Waals surface area (Å²) in [7, 11) is 1.37. The fourth-order valence-corrected chi connectivity index (χ4v) is 2.08. The van der Waals surface area contributed by atoms with E-state index in [0.29, 0.717) is 12.2 Å². The number of carbonyl (C=O) groups is 1. The predicted octanol–water partition coefficient (Wildman–Crippen LogP) is 3.78. The molecule has 0 atom stereocenters. The van der Waals surface area contributed by atoms with Gasteiger partial charge in [0, 0.05) is 5.56 Å². The van der Waals surface area contributed by atoms with Gasteiger partial charge in [0.25, 0.3) is 0 Å². The molecule has 0 spiro atoms. The summed E-state index contributed by atoms with van der Waals surface area (Å²) in [6.07, 6.45) is 2.58. The van der Waals surface area contributed by atoms with Crippen molar-refractivity contribution in [2.24, 2.45) is 0 Å². The molecule has 108 valence electrons. The average molecular weight is 282 g/mol. The van der Waals surface area contributed by atoms with Crippen molar-refractivity contribution >= 4 is 5.97 Å². The highest BCUT2D eigenvalue weighted by Gasteiger charge is 2.11. The molecule has 0 aromatic heterocycles. The van der Waals surface area contributed by atoms with E-state index in [4.69, 9.17) is 9.47 Å². The Hall–Kier alpha value is -2.55. The largest absolute Gasteiger partial charge is 0.489 e. The van der Waals surface area contributed by atoms with Gasteiger partial charge in [-0.1, -0.05) is 42.5 Å². The number of allylic oxidation sites excluding steroid dienone is 1. The summed E-state index contributed by atoms with van der Waals surface area (Å²) in [5.74, 6) is 0.450. The van der Waals surface area contributed by atoms with Crippen LogP contribution < -0.4 is 4.74 Å². The smallest absolute Gasteiger partial charge is 0.338 e. The van der Waals surface area contributed by atoms with E-state index in [2.05, 4.69) is 6.58 Å². The first-order valence-corrected chi connectivity index (χ1v) is 6.74. The highest BCUT2D eigenvalue weighted by Crippen LogP contribution is 2.21. The van der Waals surface area contributed by atoms with Crippen LogP contribution in [0.1, 0.15) is 21.5 Å². The predicted molar refractivity (Wildman–Crippen MR) is 82.5 cm³/mol. The van der Waals surface area contributed by atoms with Gasteiger partial charge >= 0.3 is 5.97 Å². The van der Waals surface area contributed by atoms with E-state index in [0.717, 1.165) is 23.3 Å². The van der Waals surface area contributed by atoms with Crippen molar-refractivity contribution < 1.29 is 14.3 Å². The standard InChI is InChI=1S/C18H18O3/c1-3-8-14-9-5-7-12-17(14)21-13-15-10-4-6-11-16(15)18(19)20-2/h3-7,9-12H,1,8,13H2,2H3. The highest BCUT2D eigenvalue weighted by molar-refractivity contribution is 5.90. The van der Waals surface area contributed by atoms with Gasteiger partial charge in [-0.15, -0.1) is 6.58 Å². The Bertz CT molecular complexity index is 632. The zero-order valence-electron chi connectivity index (χ0n) is 12.0. The van der Waals surface area contributed by atoms with Crippen LogP contribution in [0, 0.1) is 0 Å². The minimum Gasteiger partial charge on any atom is -0.489 e. The average Bonchev–Trinajstić information content (AvgIpc) is 2.54. The molecule has 0 aliphatic heterocycles. The zero-order chi connectivity index (χ0) is 15.1. The van der Waals surface area contributed by atoms with Crippen molar-refractivity contribution in [2.45, 2.75) is 13.0 Å². The lowest BCUT2D eigenvalue weighted by Gasteiger charge is -2.12. The summed E-state index contributed by atoms with van der Waals surface area (Å²) >= 11 is 0. The van der Waals surface area contributed by atoms with E-state index in [1.165, 1.54) is 7.11 Å². The first-order chi connectivity index (χ1) is 10.3. The number of esters is 1. The molecule has 2 aromatic rings. The molecule has 0 N–H and O–H groups in total. The van der Waals surface area contributed by atoms with Crippen LogP contribution in [0.25, 0.3) is 0 Å². The number of ether oxygens (including phenoxy) is 2. The van der Waals surface area contributed by atoms with Gasteiger partial charge in [0.2, 0.25) is 0 Å². The van der Waals surface area contributed by atoms with E-state index < -0.39 is 0 Å². The first kappa shape index (κ1) is 14.9. The monoisotopic (exact) mass is 282 g/mol. The molecule has 21 heavy (non-hydrogen) atoms. The molecule has 2 aromatic carbocycles. The van der Waals surface area contributed by atoms with Crippen LogP contribution in [0.2, 0.25) is 0 Å². The van der Waals surface area contributed by atoms with Crippen LogP contribution in [0.3, 0.4) is 0 Å². The molecule has 3 nitrogen and oxygen atoms in total. The third-order valence-corrected chi connectivity index (χ3v) is 3.14. The number of para-hydroxylation sites is 1. The minimum absolute atomic E-state index is 0.319. The first-order valence-electron chi connectivity index (χ1n) is 6.74. The summed E-state index contributed by atoms with van der Waals surface area (Å²) in [6.45, 7) is 4.07. The molecule has 0 fully saturated rings. The van der Waals surface area contributed by atoms with Crippen molar-refractivity contribution in [3.8, 4) is 5.75 Å². The Morgan fingerprint density at radius 1 is 1.10 bits per heavy atom. The van der Waals surface area contributed by atoms with Gasteiger partial charge < -0.3 is 9.47 Å². The van der Waals surface area contributed by atoms with Gasteiger partial charge in [-0.2, -0.15) is 0 Å². The van der Waals surface area contributed by atoms with Gasteiger partial charge in [0.15, 0.2) is 0 Å². The second-order valence-corrected chi connectivity index (χ2v) is 4.54. The number of methoxy groups -OCH3 is 1. The Morgan fingerprint density at radius 3 is 2.48 bits per heavy atom. The van der Waals surface area contributed by atoms with Gasteiger partial charge in [0.1, 0.15) is 12.4 Å². The summed E-state index contributed by atoms with van der Waals surface area (Å²) in [5, 5.41) is 0. The fraction of sp³-hybridized carbons (Fsp3) is 0.167. The number of carbonyl (C=O) groups excluding carboxylic acids is 1. The zero-order valence-corrected chi connectivity index (χ0v) is 12.0. The Balaban J connectivity index is 2.17. The molecule has 0 saturated heterocycles. The second-order valence-electron chi connectivity index (χ2n) is 4.54. The van der Waals surface area contributed by atoms with Gasteiger partial charge in [-0.25, -0.2) is 4.79 Å². The second kappa shape index (κ2) is 7.29. The summed E-state index contributed by atoms with van der Waals surface area (Å²) in [4.78, 5) is 11.7. The molecular formula is C18H18O3. The van der Waals surface area contributed by atoms with E-state index in [1.807, 2.05) is 42.5 Å². The lowest BCUT2D eigenvalue weighted by Crippen LogP contribution is -2.08. The molecule has 0 radical (unpaired) electrons. The van der Waals surface area contributed by atoms with Crippen molar-refractivity contribution in [3.63, 3.8) is 0 Å². The molecule has 0 aliphatic carbocycles.